The molecule has 0 aliphatic rings. The minimum Gasteiger partial charge on any atom is -0.456 e. The van der Waals surface area contributed by atoms with Crippen LogP contribution in [0.3, 0.4) is 0 Å². The van der Waals surface area contributed by atoms with Crippen LogP contribution in [0.15, 0.2) is 77.2 Å². The van der Waals surface area contributed by atoms with Crippen molar-refractivity contribution < 1.29 is 4.42 Å². The molecule has 124 valence electrons. The van der Waals surface area contributed by atoms with Crippen LogP contribution in [-0.2, 0) is 0 Å². The Kier molecular flexibility index (Phi) is 3.18. The van der Waals surface area contributed by atoms with Gasteiger partial charge in [0.25, 0.3) is 0 Å². The van der Waals surface area contributed by atoms with Crippen molar-refractivity contribution >= 4 is 27.9 Å². The molecule has 5 rings (SSSR count). The number of para-hydroxylation sites is 1. The van der Waals surface area contributed by atoms with Crippen molar-refractivity contribution in [3.63, 3.8) is 0 Å². The first kappa shape index (κ1) is 14.6. The molecule has 0 saturated heterocycles. The number of aromatic nitrogens is 3. The molecule has 3 aromatic carbocycles. The monoisotopic (exact) mass is 338 g/mol. The van der Waals surface area contributed by atoms with Crippen LogP contribution in [0.1, 0.15) is 0 Å². The smallest absolute Gasteiger partial charge is 0.224 e. The van der Waals surface area contributed by atoms with Gasteiger partial charge in [0, 0.05) is 21.9 Å². The summed E-state index contributed by atoms with van der Waals surface area (Å²) in [6.45, 7) is 0. The largest absolute Gasteiger partial charge is 0.456 e. The quantitative estimate of drug-likeness (QED) is 0.505. The van der Waals surface area contributed by atoms with Crippen molar-refractivity contribution in [2.75, 3.05) is 5.73 Å². The molecule has 5 heteroatoms. The summed E-state index contributed by atoms with van der Waals surface area (Å²) in [5.41, 5.74) is 9.31. The molecule has 26 heavy (non-hydrogen) atoms. The molecule has 2 heterocycles. The summed E-state index contributed by atoms with van der Waals surface area (Å²) in [6, 6.07) is 23.6. The Labute approximate surface area is 149 Å². The van der Waals surface area contributed by atoms with Gasteiger partial charge >= 0.3 is 0 Å². The number of fused-ring (bicyclic) bond motifs is 3. The average Bonchev–Trinajstić information content (AvgIpc) is 3.06. The van der Waals surface area contributed by atoms with E-state index in [1.807, 2.05) is 66.7 Å². The third-order valence-corrected chi connectivity index (χ3v) is 4.32. The van der Waals surface area contributed by atoms with Gasteiger partial charge in [0.05, 0.1) is 0 Å². The van der Waals surface area contributed by atoms with Crippen LogP contribution < -0.4 is 5.73 Å². The van der Waals surface area contributed by atoms with Gasteiger partial charge in [-0.25, -0.2) is 4.98 Å². The number of benzene rings is 3. The van der Waals surface area contributed by atoms with Crippen molar-refractivity contribution in [1.82, 2.24) is 15.0 Å². The van der Waals surface area contributed by atoms with Crippen LogP contribution >= 0.6 is 0 Å². The molecule has 0 spiro atoms. The molecule has 2 N–H and O–H groups in total. The predicted octanol–water partition coefficient (Wildman–Crippen LogP) is 4.69. The van der Waals surface area contributed by atoms with E-state index in [1.54, 1.807) is 0 Å². The molecule has 0 radical (unpaired) electrons. The SMILES string of the molecule is Nc1nc(-c2ccccc2)nc(-c2ccc3c(c2)oc2ccccc23)n1. The van der Waals surface area contributed by atoms with Gasteiger partial charge in [-0.1, -0.05) is 54.6 Å². The highest BCUT2D eigenvalue weighted by Gasteiger charge is 2.12. The van der Waals surface area contributed by atoms with Crippen LogP contribution in [-0.4, -0.2) is 15.0 Å². The Hall–Kier alpha value is -3.73. The Morgan fingerprint density at radius 1 is 0.615 bits per heavy atom. The number of rotatable bonds is 2. The van der Waals surface area contributed by atoms with E-state index in [0.717, 1.165) is 33.1 Å². The third-order valence-electron chi connectivity index (χ3n) is 4.32. The van der Waals surface area contributed by atoms with Crippen molar-refractivity contribution in [2.45, 2.75) is 0 Å². The first-order chi connectivity index (χ1) is 12.8. The number of nitrogen functional groups attached to an aromatic ring is 1. The number of hydrogen-bond acceptors (Lipinski definition) is 5. The molecule has 0 aliphatic carbocycles. The van der Waals surface area contributed by atoms with Crippen molar-refractivity contribution in [3.8, 4) is 22.8 Å². The summed E-state index contributed by atoms with van der Waals surface area (Å²) in [7, 11) is 0. The minimum atomic E-state index is 0.193. The van der Waals surface area contributed by atoms with Crippen LogP contribution in [0, 0.1) is 0 Å². The van der Waals surface area contributed by atoms with Crippen molar-refractivity contribution in [1.29, 1.82) is 0 Å². The van der Waals surface area contributed by atoms with Crippen LogP contribution in [0.4, 0.5) is 5.95 Å². The second kappa shape index (κ2) is 5.67. The molecular formula is C21H14N4O. The second-order valence-corrected chi connectivity index (χ2v) is 6.02. The Morgan fingerprint density at radius 3 is 2.15 bits per heavy atom. The maximum absolute atomic E-state index is 5.96. The lowest BCUT2D eigenvalue weighted by Crippen LogP contribution is -2.02. The van der Waals surface area contributed by atoms with Gasteiger partial charge in [-0.2, -0.15) is 9.97 Å². The number of nitrogens with zero attached hydrogens (tertiary/aromatic N) is 3. The fraction of sp³-hybridized carbons (Fsp3) is 0. The lowest BCUT2D eigenvalue weighted by Gasteiger charge is -2.05. The first-order valence-electron chi connectivity index (χ1n) is 8.26. The molecule has 0 aliphatic heterocycles. The number of anilines is 1. The van der Waals surface area contributed by atoms with Gasteiger partial charge in [0.1, 0.15) is 11.2 Å². The van der Waals surface area contributed by atoms with Gasteiger partial charge < -0.3 is 10.2 Å². The van der Waals surface area contributed by atoms with E-state index in [9.17, 15) is 0 Å². The average molecular weight is 338 g/mol. The summed E-state index contributed by atoms with van der Waals surface area (Å²) >= 11 is 0. The highest BCUT2D eigenvalue weighted by molar-refractivity contribution is 6.05. The summed E-state index contributed by atoms with van der Waals surface area (Å²) in [5, 5.41) is 2.16. The maximum atomic E-state index is 5.96. The topological polar surface area (TPSA) is 77.8 Å². The molecule has 0 atom stereocenters. The molecule has 2 aromatic heterocycles. The Bertz CT molecular complexity index is 1250. The second-order valence-electron chi connectivity index (χ2n) is 6.02. The lowest BCUT2D eigenvalue weighted by molar-refractivity contribution is 0.669. The molecule has 0 fully saturated rings. The van der Waals surface area contributed by atoms with Gasteiger partial charge in [-0.3, -0.25) is 0 Å². The Morgan fingerprint density at radius 2 is 1.31 bits per heavy atom. The van der Waals surface area contributed by atoms with Crippen molar-refractivity contribution in [3.05, 3.63) is 72.8 Å². The number of furan rings is 1. The molecule has 0 amide bonds. The molecule has 5 aromatic rings. The zero-order valence-electron chi connectivity index (χ0n) is 13.8. The van der Waals surface area contributed by atoms with Crippen LogP contribution in [0.5, 0.6) is 0 Å². The molecule has 0 bridgehead atoms. The summed E-state index contributed by atoms with van der Waals surface area (Å²) in [4.78, 5) is 13.2. The molecular weight excluding hydrogens is 324 g/mol. The third kappa shape index (κ3) is 2.38. The van der Waals surface area contributed by atoms with E-state index in [-0.39, 0.29) is 5.95 Å². The number of hydrogen-bond donors (Lipinski definition) is 1. The van der Waals surface area contributed by atoms with E-state index >= 15 is 0 Å². The fourth-order valence-electron chi connectivity index (χ4n) is 3.10. The van der Waals surface area contributed by atoms with E-state index in [2.05, 4.69) is 21.0 Å². The minimum absolute atomic E-state index is 0.193. The van der Waals surface area contributed by atoms with Crippen LogP contribution in [0.25, 0.3) is 44.7 Å². The highest BCUT2D eigenvalue weighted by atomic mass is 16.3. The summed E-state index contributed by atoms with van der Waals surface area (Å²) in [5.74, 6) is 1.27. The van der Waals surface area contributed by atoms with E-state index < -0.39 is 0 Å². The number of nitrogens with two attached hydrogens (primary N) is 1. The first-order valence-corrected chi connectivity index (χ1v) is 8.26. The zero-order valence-corrected chi connectivity index (χ0v) is 13.8. The summed E-state index contributed by atoms with van der Waals surface area (Å²) < 4.78 is 5.96. The van der Waals surface area contributed by atoms with E-state index in [0.29, 0.717) is 11.6 Å². The summed E-state index contributed by atoms with van der Waals surface area (Å²) in [6.07, 6.45) is 0. The predicted molar refractivity (Wildman–Crippen MR) is 102 cm³/mol. The Balaban J connectivity index is 1.67. The molecule has 0 unspecified atom stereocenters. The van der Waals surface area contributed by atoms with E-state index in [4.69, 9.17) is 10.2 Å². The van der Waals surface area contributed by atoms with E-state index in [1.165, 1.54) is 0 Å². The zero-order chi connectivity index (χ0) is 17.5. The molecule has 5 nitrogen and oxygen atoms in total. The van der Waals surface area contributed by atoms with Gasteiger partial charge in [0.2, 0.25) is 5.95 Å². The molecule has 0 saturated carbocycles. The normalized spacial score (nSPS) is 11.2. The highest BCUT2D eigenvalue weighted by Crippen LogP contribution is 2.31. The van der Waals surface area contributed by atoms with Crippen LogP contribution in [0.2, 0.25) is 0 Å². The lowest BCUT2D eigenvalue weighted by atomic mass is 10.1. The standard InChI is InChI=1S/C21H14N4O/c22-21-24-19(13-6-2-1-3-7-13)23-20(25-21)14-10-11-16-15-8-4-5-9-17(15)26-18(16)12-14/h1-12H,(H2,22,23,24,25). The van der Waals surface area contributed by atoms with Gasteiger partial charge in [-0.15, -0.1) is 0 Å². The fourth-order valence-corrected chi connectivity index (χ4v) is 3.10. The van der Waals surface area contributed by atoms with Crippen molar-refractivity contribution in [2.24, 2.45) is 0 Å². The maximum Gasteiger partial charge on any atom is 0.224 e. The van der Waals surface area contributed by atoms with Gasteiger partial charge in [0.15, 0.2) is 11.6 Å². The van der Waals surface area contributed by atoms with Gasteiger partial charge in [-0.05, 0) is 18.2 Å².